The van der Waals surface area contributed by atoms with Crippen molar-refractivity contribution in [1.29, 1.82) is 0 Å². The van der Waals surface area contributed by atoms with Crippen molar-refractivity contribution in [3.8, 4) is 5.75 Å². The van der Waals surface area contributed by atoms with Crippen molar-refractivity contribution >= 4 is 5.91 Å². The van der Waals surface area contributed by atoms with Crippen molar-refractivity contribution in [1.82, 2.24) is 5.32 Å². The molecule has 0 radical (unpaired) electrons. The molecule has 2 aromatic carbocycles. The quantitative estimate of drug-likeness (QED) is 0.688. The summed E-state index contributed by atoms with van der Waals surface area (Å²) >= 11 is 0. The van der Waals surface area contributed by atoms with E-state index in [0.717, 1.165) is 29.7 Å². The Hall–Kier alpha value is -2.29. The Kier molecular flexibility index (Phi) is 7.26. The first-order chi connectivity index (χ1) is 12.4. The second-order valence-corrected chi connectivity index (χ2v) is 7.34. The van der Waals surface area contributed by atoms with Crippen LogP contribution in [0.2, 0.25) is 0 Å². The van der Waals surface area contributed by atoms with E-state index < -0.39 is 0 Å². The summed E-state index contributed by atoms with van der Waals surface area (Å²) in [5.74, 6) is 1.28. The van der Waals surface area contributed by atoms with Crippen LogP contribution >= 0.6 is 0 Å². The maximum atomic E-state index is 12.0. The molecule has 0 saturated heterocycles. The lowest BCUT2D eigenvalue weighted by Crippen LogP contribution is -2.30. The Morgan fingerprint density at radius 3 is 2.42 bits per heavy atom. The van der Waals surface area contributed by atoms with E-state index in [1.807, 2.05) is 19.9 Å². The van der Waals surface area contributed by atoms with E-state index in [1.165, 1.54) is 16.7 Å². The molecule has 0 aliphatic carbocycles. The number of aryl methyl sites for hydroxylation is 3. The molecule has 0 saturated carbocycles. The highest BCUT2D eigenvalue weighted by Gasteiger charge is 2.07. The Balaban J connectivity index is 1.71. The summed E-state index contributed by atoms with van der Waals surface area (Å²) in [6.07, 6.45) is 1.89. The highest BCUT2D eigenvalue weighted by atomic mass is 16.5. The first-order valence-corrected chi connectivity index (χ1v) is 9.43. The van der Waals surface area contributed by atoms with E-state index in [0.29, 0.717) is 12.5 Å². The van der Waals surface area contributed by atoms with Gasteiger partial charge in [0.25, 0.3) is 5.91 Å². The normalized spacial score (nSPS) is 10.8. The standard InChI is InChI=1S/C23H31NO2/c1-16(2)21-10-8-20(9-11-21)7-6-12-24-23(25)15-26-22-14-17(3)13-18(4)19(22)5/h8-11,13-14,16H,6-7,12,15H2,1-5H3,(H,24,25). The summed E-state index contributed by atoms with van der Waals surface area (Å²) in [5.41, 5.74) is 6.09. The van der Waals surface area contributed by atoms with Gasteiger partial charge in [-0.15, -0.1) is 0 Å². The van der Waals surface area contributed by atoms with Gasteiger partial charge in [-0.3, -0.25) is 4.79 Å². The minimum Gasteiger partial charge on any atom is -0.483 e. The molecule has 0 spiro atoms. The third-order valence-corrected chi connectivity index (χ3v) is 4.73. The summed E-state index contributed by atoms with van der Waals surface area (Å²) in [7, 11) is 0. The van der Waals surface area contributed by atoms with Crippen LogP contribution in [0.4, 0.5) is 0 Å². The lowest BCUT2D eigenvalue weighted by Gasteiger charge is -2.12. The summed E-state index contributed by atoms with van der Waals surface area (Å²) in [6, 6.07) is 12.9. The van der Waals surface area contributed by atoms with E-state index in [2.05, 4.69) is 56.4 Å². The molecule has 0 aliphatic heterocycles. The van der Waals surface area contributed by atoms with E-state index in [-0.39, 0.29) is 12.5 Å². The van der Waals surface area contributed by atoms with Crippen molar-refractivity contribution in [2.75, 3.05) is 13.2 Å². The summed E-state index contributed by atoms with van der Waals surface area (Å²) < 4.78 is 5.70. The van der Waals surface area contributed by atoms with E-state index in [4.69, 9.17) is 4.74 Å². The minimum atomic E-state index is -0.0706. The van der Waals surface area contributed by atoms with Gasteiger partial charge in [0, 0.05) is 6.54 Å². The SMILES string of the molecule is Cc1cc(C)c(C)c(OCC(=O)NCCCc2ccc(C(C)C)cc2)c1. The third kappa shape index (κ3) is 5.91. The van der Waals surface area contributed by atoms with Crippen molar-refractivity contribution in [3.63, 3.8) is 0 Å². The molecular formula is C23H31NO2. The maximum Gasteiger partial charge on any atom is 0.257 e. The Bertz CT molecular complexity index is 733. The van der Waals surface area contributed by atoms with E-state index in [1.54, 1.807) is 0 Å². The van der Waals surface area contributed by atoms with Gasteiger partial charge in [-0.25, -0.2) is 0 Å². The van der Waals surface area contributed by atoms with Gasteiger partial charge in [0.05, 0.1) is 0 Å². The van der Waals surface area contributed by atoms with Gasteiger partial charge >= 0.3 is 0 Å². The highest BCUT2D eigenvalue weighted by molar-refractivity contribution is 5.77. The third-order valence-electron chi connectivity index (χ3n) is 4.73. The molecule has 0 aromatic heterocycles. The van der Waals surface area contributed by atoms with Crippen molar-refractivity contribution < 1.29 is 9.53 Å². The van der Waals surface area contributed by atoms with Crippen LogP contribution in [-0.2, 0) is 11.2 Å². The molecule has 0 bridgehead atoms. The van der Waals surface area contributed by atoms with E-state index in [9.17, 15) is 4.79 Å². The fourth-order valence-electron chi connectivity index (χ4n) is 2.93. The zero-order valence-electron chi connectivity index (χ0n) is 16.7. The highest BCUT2D eigenvalue weighted by Crippen LogP contribution is 2.23. The zero-order chi connectivity index (χ0) is 19.1. The number of ether oxygens (including phenoxy) is 1. The topological polar surface area (TPSA) is 38.3 Å². The molecule has 26 heavy (non-hydrogen) atoms. The molecule has 0 fully saturated rings. The Labute approximate surface area is 157 Å². The zero-order valence-corrected chi connectivity index (χ0v) is 16.7. The van der Waals surface area contributed by atoms with E-state index >= 15 is 0 Å². The average Bonchev–Trinajstić information content (AvgIpc) is 2.61. The van der Waals surface area contributed by atoms with Gasteiger partial charge in [-0.1, -0.05) is 44.2 Å². The van der Waals surface area contributed by atoms with Crippen LogP contribution in [-0.4, -0.2) is 19.1 Å². The molecule has 0 heterocycles. The van der Waals surface area contributed by atoms with Gasteiger partial charge in [-0.05, 0) is 73.4 Å². The van der Waals surface area contributed by atoms with Crippen LogP contribution in [0, 0.1) is 20.8 Å². The number of carbonyl (C=O) groups is 1. The molecule has 0 aliphatic rings. The van der Waals surface area contributed by atoms with Gasteiger partial charge in [0.15, 0.2) is 6.61 Å². The van der Waals surface area contributed by atoms with Crippen molar-refractivity contribution in [2.45, 2.75) is 53.4 Å². The van der Waals surface area contributed by atoms with Gasteiger partial charge in [-0.2, -0.15) is 0 Å². The van der Waals surface area contributed by atoms with Crippen LogP contribution in [0.25, 0.3) is 0 Å². The molecule has 3 heteroatoms. The molecule has 2 rings (SSSR count). The fraction of sp³-hybridized carbons (Fsp3) is 0.435. The number of hydrogen-bond acceptors (Lipinski definition) is 2. The number of nitrogens with one attached hydrogen (secondary N) is 1. The molecule has 2 aromatic rings. The summed E-state index contributed by atoms with van der Waals surface area (Å²) in [6.45, 7) is 11.2. The first-order valence-electron chi connectivity index (χ1n) is 9.43. The lowest BCUT2D eigenvalue weighted by atomic mass is 10.0. The molecule has 1 amide bonds. The van der Waals surface area contributed by atoms with Crippen LogP contribution in [0.15, 0.2) is 36.4 Å². The average molecular weight is 354 g/mol. The van der Waals surface area contributed by atoms with Crippen molar-refractivity contribution in [2.24, 2.45) is 0 Å². The van der Waals surface area contributed by atoms with Crippen LogP contribution in [0.1, 0.15) is 54.0 Å². The molecule has 1 N–H and O–H groups in total. The molecule has 0 atom stereocenters. The summed E-state index contributed by atoms with van der Waals surface area (Å²) in [4.78, 5) is 12.0. The largest absolute Gasteiger partial charge is 0.483 e. The van der Waals surface area contributed by atoms with Gasteiger partial charge in [0.2, 0.25) is 0 Å². The van der Waals surface area contributed by atoms with Crippen LogP contribution in [0.5, 0.6) is 5.75 Å². The predicted octanol–water partition coefficient (Wildman–Crippen LogP) is 4.86. The minimum absolute atomic E-state index is 0.0623. The number of amides is 1. The molecule has 140 valence electrons. The summed E-state index contributed by atoms with van der Waals surface area (Å²) in [5, 5.41) is 2.94. The monoisotopic (exact) mass is 353 g/mol. The second kappa shape index (κ2) is 9.42. The predicted molar refractivity (Wildman–Crippen MR) is 108 cm³/mol. The molecular weight excluding hydrogens is 322 g/mol. The van der Waals surface area contributed by atoms with Crippen LogP contribution < -0.4 is 10.1 Å². The number of carbonyl (C=O) groups excluding carboxylic acids is 1. The molecule has 3 nitrogen and oxygen atoms in total. The number of rotatable bonds is 8. The Morgan fingerprint density at radius 2 is 1.77 bits per heavy atom. The van der Waals surface area contributed by atoms with Gasteiger partial charge < -0.3 is 10.1 Å². The van der Waals surface area contributed by atoms with Crippen molar-refractivity contribution in [3.05, 3.63) is 64.2 Å². The smallest absolute Gasteiger partial charge is 0.257 e. The van der Waals surface area contributed by atoms with Crippen LogP contribution in [0.3, 0.4) is 0 Å². The molecule has 0 unspecified atom stereocenters. The number of hydrogen-bond donors (Lipinski definition) is 1. The Morgan fingerprint density at radius 1 is 1.08 bits per heavy atom. The number of benzene rings is 2. The maximum absolute atomic E-state index is 12.0. The first kappa shape index (κ1) is 20.0. The fourth-order valence-corrected chi connectivity index (χ4v) is 2.93. The lowest BCUT2D eigenvalue weighted by molar-refractivity contribution is -0.123. The second-order valence-electron chi connectivity index (χ2n) is 7.34. The van der Waals surface area contributed by atoms with Gasteiger partial charge in [0.1, 0.15) is 5.75 Å².